The van der Waals surface area contributed by atoms with Crippen molar-refractivity contribution in [3.8, 4) is 5.19 Å². The monoisotopic (exact) mass is 555 g/mol. The van der Waals surface area contributed by atoms with E-state index in [9.17, 15) is 18.4 Å². The van der Waals surface area contributed by atoms with Crippen LogP contribution in [-0.4, -0.2) is 54.1 Å². The van der Waals surface area contributed by atoms with Crippen LogP contribution >= 0.6 is 22.9 Å². The van der Waals surface area contributed by atoms with Crippen LogP contribution in [0.4, 0.5) is 8.78 Å². The number of hydrogen-bond donors (Lipinski definition) is 1. The molecule has 1 unspecified atom stereocenters. The summed E-state index contributed by atoms with van der Waals surface area (Å²) in [4.78, 5) is 31.2. The first-order valence-electron chi connectivity index (χ1n) is 12.7. The lowest BCUT2D eigenvalue weighted by Gasteiger charge is -2.36. The Labute approximate surface area is 224 Å². The van der Waals surface area contributed by atoms with E-state index in [4.69, 9.17) is 21.1 Å². The van der Waals surface area contributed by atoms with Crippen LogP contribution in [0, 0.1) is 5.92 Å². The number of ether oxygens (including phenoxy) is 2. The molecule has 4 rings (SSSR count). The summed E-state index contributed by atoms with van der Waals surface area (Å²) >= 11 is 7.32. The molecule has 1 atom stereocenters. The van der Waals surface area contributed by atoms with E-state index in [0.29, 0.717) is 56.2 Å². The number of aromatic nitrogens is 1. The highest BCUT2D eigenvalue weighted by Gasteiger charge is 2.31. The van der Waals surface area contributed by atoms with Crippen LogP contribution < -0.4 is 10.1 Å². The van der Waals surface area contributed by atoms with Gasteiger partial charge in [0.15, 0.2) is 12.8 Å². The molecular formula is C26H32ClF2N3O4S. The lowest BCUT2D eigenvalue weighted by atomic mass is 9.83. The standard InChI is InChI=1S/C26H32ClF2N3O4S/c27-19-3-1-2-17(12-19)6-9-24(34)30-20-7-4-18(5-8-20)13-25(36-16-33)32-11-10-22-21(14-32)31-26(37-22)35-15-23(28)29/h1-3,12,16,18,20,23,25H,4-11,13-15H2,(H,30,34)/t18-,20-,25?. The van der Waals surface area contributed by atoms with Gasteiger partial charge in [-0.25, -0.2) is 13.8 Å². The van der Waals surface area contributed by atoms with Crippen molar-refractivity contribution < 1.29 is 27.8 Å². The number of aryl methyl sites for hydroxylation is 1. The molecule has 37 heavy (non-hydrogen) atoms. The number of thiazole rings is 1. The van der Waals surface area contributed by atoms with Crippen molar-refractivity contribution in [2.75, 3.05) is 13.2 Å². The Kier molecular flexibility index (Phi) is 10.1. The van der Waals surface area contributed by atoms with Crippen LogP contribution in [0.3, 0.4) is 0 Å². The number of amides is 1. The molecule has 1 saturated carbocycles. The number of carbonyl (C=O) groups is 2. The third kappa shape index (κ3) is 8.35. The highest BCUT2D eigenvalue weighted by molar-refractivity contribution is 7.13. The number of rotatable bonds is 12. The third-order valence-electron chi connectivity index (χ3n) is 6.97. The number of nitrogens with one attached hydrogen (secondary N) is 1. The number of fused-ring (bicyclic) bond motifs is 1. The molecule has 1 fully saturated rings. The topological polar surface area (TPSA) is 80.8 Å². The molecule has 11 heteroatoms. The first-order chi connectivity index (χ1) is 17.9. The molecule has 7 nitrogen and oxygen atoms in total. The second-order valence-electron chi connectivity index (χ2n) is 9.61. The zero-order valence-corrected chi connectivity index (χ0v) is 22.1. The second kappa shape index (κ2) is 13.5. The summed E-state index contributed by atoms with van der Waals surface area (Å²) in [6.45, 7) is 1.00. The zero-order chi connectivity index (χ0) is 26.2. The average molecular weight is 556 g/mol. The quantitative estimate of drug-likeness (QED) is 0.371. The Morgan fingerprint density at radius 3 is 2.84 bits per heavy atom. The fourth-order valence-corrected chi connectivity index (χ4v) is 6.20. The molecule has 0 saturated heterocycles. The Balaban J connectivity index is 1.22. The lowest BCUT2D eigenvalue weighted by Crippen LogP contribution is -2.43. The van der Waals surface area contributed by atoms with Gasteiger partial charge in [-0.2, -0.15) is 0 Å². The summed E-state index contributed by atoms with van der Waals surface area (Å²) in [6.07, 6.45) is 3.26. The predicted octanol–water partition coefficient (Wildman–Crippen LogP) is 5.00. The summed E-state index contributed by atoms with van der Waals surface area (Å²) in [5.74, 6) is 0.432. The van der Waals surface area contributed by atoms with E-state index >= 15 is 0 Å². The van der Waals surface area contributed by atoms with Gasteiger partial charge >= 0.3 is 0 Å². The van der Waals surface area contributed by atoms with E-state index in [-0.39, 0.29) is 23.4 Å². The number of benzene rings is 1. The maximum absolute atomic E-state index is 12.4. The van der Waals surface area contributed by atoms with Gasteiger partial charge in [0.1, 0.15) is 0 Å². The molecule has 0 spiro atoms. The van der Waals surface area contributed by atoms with Gasteiger partial charge in [-0.15, -0.1) is 0 Å². The molecule has 1 aromatic heterocycles. The molecule has 1 aromatic carbocycles. The van der Waals surface area contributed by atoms with Crippen LogP contribution in [-0.2, 0) is 33.7 Å². The molecule has 2 heterocycles. The van der Waals surface area contributed by atoms with Gasteiger partial charge in [0.25, 0.3) is 18.1 Å². The molecule has 0 radical (unpaired) electrons. The van der Waals surface area contributed by atoms with E-state index in [1.807, 2.05) is 24.3 Å². The highest BCUT2D eigenvalue weighted by atomic mass is 35.5. The van der Waals surface area contributed by atoms with Crippen LogP contribution in [0.25, 0.3) is 0 Å². The van der Waals surface area contributed by atoms with Crippen molar-refractivity contribution in [3.05, 3.63) is 45.4 Å². The first-order valence-corrected chi connectivity index (χ1v) is 13.9. The van der Waals surface area contributed by atoms with Crippen molar-refractivity contribution in [1.29, 1.82) is 0 Å². The van der Waals surface area contributed by atoms with Crippen LogP contribution in [0.15, 0.2) is 24.3 Å². The minimum absolute atomic E-state index is 0.0508. The van der Waals surface area contributed by atoms with E-state index in [1.54, 1.807) is 0 Å². The summed E-state index contributed by atoms with van der Waals surface area (Å²) in [5.41, 5.74) is 1.84. The fraction of sp³-hybridized carbons (Fsp3) is 0.577. The molecular weight excluding hydrogens is 524 g/mol. The Morgan fingerprint density at radius 1 is 1.30 bits per heavy atom. The summed E-state index contributed by atoms with van der Waals surface area (Å²) in [5, 5.41) is 4.09. The minimum atomic E-state index is -2.54. The Bertz CT molecular complexity index is 1050. The van der Waals surface area contributed by atoms with Gasteiger partial charge in [-0.05, 0) is 62.1 Å². The molecule has 1 aliphatic heterocycles. The number of nitrogens with zero attached hydrogens (tertiary/aromatic N) is 2. The molecule has 202 valence electrons. The van der Waals surface area contributed by atoms with Gasteiger partial charge in [-0.1, -0.05) is 35.1 Å². The van der Waals surface area contributed by atoms with Gasteiger partial charge in [-0.3, -0.25) is 14.5 Å². The normalized spacial score (nSPS) is 20.8. The van der Waals surface area contributed by atoms with Crippen molar-refractivity contribution in [3.63, 3.8) is 0 Å². The molecule has 0 bridgehead atoms. The van der Waals surface area contributed by atoms with Crippen molar-refractivity contribution in [1.82, 2.24) is 15.2 Å². The van der Waals surface area contributed by atoms with E-state index in [2.05, 4.69) is 15.2 Å². The van der Waals surface area contributed by atoms with Crippen molar-refractivity contribution in [2.45, 2.75) is 76.6 Å². The average Bonchev–Trinajstić information content (AvgIpc) is 3.29. The fourth-order valence-electron chi connectivity index (χ4n) is 5.07. The maximum Gasteiger partial charge on any atom is 0.294 e. The van der Waals surface area contributed by atoms with Crippen LogP contribution in [0.2, 0.25) is 5.02 Å². The van der Waals surface area contributed by atoms with E-state index in [1.165, 1.54) is 11.3 Å². The molecule has 1 N–H and O–H groups in total. The summed E-state index contributed by atoms with van der Waals surface area (Å²) in [7, 11) is 0. The van der Waals surface area contributed by atoms with Crippen molar-refractivity contribution >= 4 is 35.3 Å². The molecule has 2 aromatic rings. The third-order valence-corrected chi connectivity index (χ3v) is 8.27. The predicted molar refractivity (Wildman–Crippen MR) is 137 cm³/mol. The Hall–Kier alpha value is -2.30. The van der Waals surface area contributed by atoms with Crippen LogP contribution in [0.1, 0.15) is 54.7 Å². The second-order valence-corrected chi connectivity index (χ2v) is 11.1. The summed E-state index contributed by atoms with van der Waals surface area (Å²) < 4.78 is 35.4. The molecule has 2 aliphatic rings. The van der Waals surface area contributed by atoms with Gasteiger partial charge in [0.2, 0.25) is 5.91 Å². The first kappa shape index (κ1) is 27.7. The molecule has 1 amide bonds. The van der Waals surface area contributed by atoms with Crippen LogP contribution in [0.5, 0.6) is 5.19 Å². The largest absolute Gasteiger partial charge is 0.464 e. The van der Waals surface area contributed by atoms with E-state index < -0.39 is 13.0 Å². The van der Waals surface area contributed by atoms with Gasteiger partial charge in [0.05, 0.1) is 5.69 Å². The smallest absolute Gasteiger partial charge is 0.294 e. The summed E-state index contributed by atoms with van der Waals surface area (Å²) in [6, 6.07) is 7.73. The number of halogens is 3. The van der Waals surface area contributed by atoms with Gasteiger partial charge in [0, 0.05) is 41.9 Å². The lowest BCUT2D eigenvalue weighted by molar-refractivity contribution is -0.147. The molecule has 1 aliphatic carbocycles. The van der Waals surface area contributed by atoms with Gasteiger partial charge < -0.3 is 14.8 Å². The number of alkyl halides is 2. The maximum atomic E-state index is 12.4. The SMILES string of the molecule is O=COC(C[C@H]1CC[C@H](NC(=O)CCc2cccc(Cl)c2)CC1)N1CCc2sc(OCC(F)F)nc2C1. The van der Waals surface area contributed by atoms with Crippen molar-refractivity contribution in [2.24, 2.45) is 5.92 Å². The Morgan fingerprint density at radius 2 is 2.11 bits per heavy atom. The number of hydrogen-bond acceptors (Lipinski definition) is 7. The number of carbonyl (C=O) groups excluding carboxylic acids is 2. The van der Waals surface area contributed by atoms with E-state index in [0.717, 1.165) is 41.8 Å². The zero-order valence-electron chi connectivity index (χ0n) is 20.5. The minimum Gasteiger partial charge on any atom is -0.464 e. The highest BCUT2D eigenvalue weighted by Crippen LogP contribution is 2.34.